The Morgan fingerprint density at radius 2 is 1.90 bits per heavy atom. The Hall–Kier alpha value is -2.10. The van der Waals surface area contributed by atoms with Gasteiger partial charge in [0.05, 0.1) is 12.8 Å². The molecule has 1 aromatic heterocycles. The zero-order valence-electron chi connectivity index (χ0n) is 10.2. The van der Waals surface area contributed by atoms with Crippen molar-refractivity contribution in [1.29, 1.82) is 0 Å². The first-order valence-electron chi connectivity index (χ1n) is 5.38. The van der Waals surface area contributed by atoms with E-state index in [0.717, 1.165) is 4.57 Å². The molecule has 1 heterocycles. The first-order valence-corrected chi connectivity index (χ1v) is 6.46. The highest BCUT2D eigenvalue weighted by atomic mass is 127. The Balaban J connectivity index is 2.69. The maximum Gasteiger partial charge on any atom is 0.353 e. The van der Waals surface area contributed by atoms with Crippen LogP contribution in [0.2, 0.25) is 0 Å². The smallest absolute Gasteiger partial charge is 0.353 e. The van der Waals surface area contributed by atoms with E-state index in [1.807, 2.05) is 0 Å². The van der Waals surface area contributed by atoms with Crippen LogP contribution in [0.4, 0.5) is 0 Å². The second-order valence-corrected chi connectivity index (χ2v) is 4.84. The van der Waals surface area contributed by atoms with Gasteiger partial charge in [-0.3, -0.25) is 9.78 Å². The number of ether oxygens (including phenoxy) is 1. The summed E-state index contributed by atoms with van der Waals surface area (Å²) in [6.07, 6.45) is 0. The van der Waals surface area contributed by atoms with Crippen molar-refractivity contribution in [2.45, 2.75) is 0 Å². The molecule has 1 aromatic carbocycles. The van der Waals surface area contributed by atoms with Gasteiger partial charge >= 0.3 is 11.7 Å². The number of hydrogen-bond donors (Lipinski definition) is 2. The van der Waals surface area contributed by atoms with Crippen LogP contribution in [-0.4, -0.2) is 27.7 Å². The normalized spacial score (nSPS) is 10.3. The SMILES string of the molecule is COc1ccc(-n2c(=O)[nH]c(C(=O)O)c(I)c2=O)cc1. The molecule has 0 amide bonds. The Morgan fingerprint density at radius 3 is 2.40 bits per heavy atom. The third-order valence-electron chi connectivity index (χ3n) is 2.59. The quantitative estimate of drug-likeness (QED) is 0.759. The predicted octanol–water partition coefficient (Wildman–Crippen LogP) is 0.837. The van der Waals surface area contributed by atoms with E-state index < -0.39 is 22.9 Å². The number of hydrogen-bond acceptors (Lipinski definition) is 4. The zero-order chi connectivity index (χ0) is 14.9. The number of carbonyl (C=O) groups is 1. The number of methoxy groups -OCH3 is 1. The molecular formula is C12H9IN2O5. The Morgan fingerprint density at radius 1 is 1.30 bits per heavy atom. The number of aromatic carboxylic acids is 1. The van der Waals surface area contributed by atoms with Gasteiger partial charge in [0.2, 0.25) is 0 Å². The van der Waals surface area contributed by atoms with Crippen LogP contribution >= 0.6 is 22.6 Å². The van der Waals surface area contributed by atoms with E-state index in [9.17, 15) is 14.4 Å². The molecule has 0 aliphatic carbocycles. The fraction of sp³-hybridized carbons (Fsp3) is 0.0833. The van der Waals surface area contributed by atoms with Crippen molar-refractivity contribution in [2.24, 2.45) is 0 Å². The first kappa shape index (κ1) is 14.3. The van der Waals surface area contributed by atoms with E-state index in [-0.39, 0.29) is 3.57 Å². The first-order chi connectivity index (χ1) is 9.45. The lowest BCUT2D eigenvalue weighted by Gasteiger charge is -2.07. The fourth-order valence-corrected chi connectivity index (χ4v) is 2.23. The van der Waals surface area contributed by atoms with Crippen LogP contribution in [0, 0.1) is 3.57 Å². The lowest BCUT2D eigenvalue weighted by molar-refractivity contribution is 0.0688. The van der Waals surface area contributed by atoms with Crippen molar-refractivity contribution in [1.82, 2.24) is 9.55 Å². The summed E-state index contributed by atoms with van der Waals surface area (Å²) < 4.78 is 5.79. The molecule has 0 saturated carbocycles. The molecule has 0 saturated heterocycles. The Bertz CT molecular complexity index is 776. The Labute approximate surface area is 126 Å². The average molecular weight is 388 g/mol. The van der Waals surface area contributed by atoms with Crippen molar-refractivity contribution in [3.05, 3.63) is 54.4 Å². The van der Waals surface area contributed by atoms with Crippen LogP contribution in [0.3, 0.4) is 0 Å². The maximum atomic E-state index is 12.1. The van der Waals surface area contributed by atoms with Crippen molar-refractivity contribution in [3.8, 4) is 11.4 Å². The van der Waals surface area contributed by atoms with Gasteiger partial charge in [0, 0.05) is 0 Å². The van der Waals surface area contributed by atoms with Crippen LogP contribution < -0.4 is 16.0 Å². The zero-order valence-corrected chi connectivity index (χ0v) is 12.4. The second-order valence-electron chi connectivity index (χ2n) is 3.76. The minimum absolute atomic E-state index is 0.0643. The molecule has 0 fully saturated rings. The fourth-order valence-electron chi connectivity index (χ4n) is 1.63. The average Bonchev–Trinajstić information content (AvgIpc) is 2.43. The van der Waals surface area contributed by atoms with E-state index >= 15 is 0 Å². The van der Waals surface area contributed by atoms with E-state index in [2.05, 4.69) is 4.98 Å². The highest BCUT2D eigenvalue weighted by Crippen LogP contribution is 2.13. The molecule has 2 aromatic rings. The van der Waals surface area contributed by atoms with Crippen LogP contribution in [0.25, 0.3) is 5.69 Å². The molecule has 0 atom stereocenters. The summed E-state index contributed by atoms with van der Waals surface area (Å²) >= 11 is 1.59. The van der Waals surface area contributed by atoms with Gasteiger partial charge in [0.1, 0.15) is 15.0 Å². The Kier molecular flexibility index (Phi) is 3.93. The molecule has 0 aliphatic rings. The molecule has 7 nitrogen and oxygen atoms in total. The number of halogens is 1. The third kappa shape index (κ3) is 2.46. The lowest BCUT2D eigenvalue weighted by Crippen LogP contribution is -2.37. The molecule has 0 bridgehead atoms. The molecule has 0 radical (unpaired) electrons. The van der Waals surface area contributed by atoms with Crippen LogP contribution in [-0.2, 0) is 0 Å². The van der Waals surface area contributed by atoms with Gasteiger partial charge in [-0.15, -0.1) is 0 Å². The summed E-state index contributed by atoms with van der Waals surface area (Å²) in [6.45, 7) is 0. The van der Waals surface area contributed by atoms with Crippen molar-refractivity contribution >= 4 is 28.6 Å². The number of H-pyrrole nitrogens is 1. The highest BCUT2D eigenvalue weighted by Gasteiger charge is 2.17. The summed E-state index contributed by atoms with van der Waals surface area (Å²) in [6, 6.07) is 6.26. The van der Waals surface area contributed by atoms with E-state index in [4.69, 9.17) is 9.84 Å². The van der Waals surface area contributed by atoms with Crippen molar-refractivity contribution in [3.63, 3.8) is 0 Å². The van der Waals surface area contributed by atoms with E-state index in [1.165, 1.54) is 19.2 Å². The standard InChI is InChI=1S/C12H9IN2O5/c1-20-7-4-2-6(3-5-7)15-10(16)8(13)9(11(17)18)14-12(15)19/h2-5H,1H3,(H,14,19)(H,17,18). The van der Waals surface area contributed by atoms with E-state index in [1.54, 1.807) is 34.7 Å². The molecule has 20 heavy (non-hydrogen) atoms. The van der Waals surface area contributed by atoms with Crippen LogP contribution in [0.1, 0.15) is 10.5 Å². The third-order valence-corrected chi connectivity index (χ3v) is 3.59. The van der Waals surface area contributed by atoms with E-state index in [0.29, 0.717) is 11.4 Å². The maximum absolute atomic E-state index is 12.1. The van der Waals surface area contributed by atoms with Gasteiger partial charge in [-0.1, -0.05) is 0 Å². The summed E-state index contributed by atoms with van der Waals surface area (Å²) in [5, 5.41) is 8.90. The molecule has 8 heteroatoms. The minimum atomic E-state index is -1.36. The molecular weight excluding hydrogens is 379 g/mol. The molecule has 0 unspecified atom stereocenters. The van der Waals surface area contributed by atoms with Gasteiger partial charge < -0.3 is 9.84 Å². The summed E-state index contributed by atoms with van der Waals surface area (Å²) in [7, 11) is 1.50. The number of nitrogens with zero attached hydrogens (tertiary/aromatic N) is 1. The van der Waals surface area contributed by atoms with Gasteiger partial charge in [-0.05, 0) is 46.9 Å². The molecule has 0 spiro atoms. The summed E-state index contributed by atoms with van der Waals surface area (Å²) in [5.74, 6) is -0.777. The predicted molar refractivity (Wildman–Crippen MR) is 78.9 cm³/mol. The highest BCUT2D eigenvalue weighted by molar-refractivity contribution is 14.1. The van der Waals surface area contributed by atoms with Gasteiger partial charge in [-0.25, -0.2) is 14.2 Å². The van der Waals surface area contributed by atoms with Crippen LogP contribution in [0.15, 0.2) is 33.9 Å². The summed E-state index contributed by atoms with van der Waals surface area (Å²) in [4.78, 5) is 37.1. The second kappa shape index (κ2) is 5.49. The number of nitrogens with one attached hydrogen (secondary N) is 1. The van der Waals surface area contributed by atoms with Crippen molar-refractivity contribution in [2.75, 3.05) is 7.11 Å². The van der Waals surface area contributed by atoms with Gasteiger partial charge in [-0.2, -0.15) is 0 Å². The molecule has 2 rings (SSSR count). The number of carboxylic acid groups (broad SMARTS) is 1. The van der Waals surface area contributed by atoms with Gasteiger partial charge in [0.25, 0.3) is 5.56 Å². The summed E-state index contributed by atoms with van der Waals surface area (Å²) in [5.41, 5.74) is -1.58. The number of carboxylic acids is 1. The number of rotatable bonds is 3. The van der Waals surface area contributed by atoms with Crippen molar-refractivity contribution < 1.29 is 14.6 Å². The molecule has 104 valence electrons. The topological polar surface area (TPSA) is 101 Å². The van der Waals surface area contributed by atoms with Crippen LogP contribution in [0.5, 0.6) is 5.75 Å². The van der Waals surface area contributed by atoms with Gasteiger partial charge in [0.15, 0.2) is 0 Å². The number of aromatic amines is 1. The minimum Gasteiger partial charge on any atom is -0.497 e. The monoisotopic (exact) mass is 388 g/mol. The molecule has 0 aliphatic heterocycles. The molecule has 2 N–H and O–H groups in total. The lowest BCUT2D eigenvalue weighted by atomic mass is 10.3. The number of benzene rings is 1. The number of aromatic nitrogens is 2. The largest absolute Gasteiger partial charge is 0.497 e.